The molecule has 5 nitrogen and oxygen atoms in total. The molecule has 1 N–H and O–H groups in total. The molecule has 6 heteroatoms. The third-order valence-electron chi connectivity index (χ3n) is 4.39. The van der Waals surface area contributed by atoms with E-state index in [1.165, 1.54) is 22.8 Å². The van der Waals surface area contributed by atoms with Crippen LogP contribution in [0.1, 0.15) is 11.3 Å². The zero-order valence-corrected chi connectivity index (χ0v) is 14.0. The van der Waals surface area contributed by atoms with Gasteiger partial charge in [-0.3, -0.25) is 4.98 Å². The third-order valence-corrected chi connectivity index (χ3v) is 5.33. The number of fused-ring (bicyclic) bond motifs is 1. The predicted octanol–water partition coefficient (Wildman–Crippen LogP) is 1.78. The summed E-state index contributed by atoms with van der Waals surface area (Å²) in [5.41, 5.74) is 3.55. The summed E-state index contributed by atoms with van der Waals surface area (Å²) < 4.78 is 0. The van der Waals surface area contributed by atoms with Gasteiger partial charge in [-0.25, -0.2) is 9.97 Å². The first kappa shape index (κ1) is 14.9. The Hall–Kier alpha value is -1.66. The number of anilines is 1. The molecular weight excluding hydrogens is 306 g/mol. The molecule has 2 aliphatic heterocycles. The highest BCUT2D eigenvalue weighted by molar-refractivity contribution is 7.99. The van der Waals surface area contributed by atoms with Gasteiger partial charge in [0.2, 0.25) is 0 Å². The number of nitrogens with one attached hydrogen (secondary N) is 1. The van der Waals surface area contributed by atoms with E-state index in [0.717, 1.165) is 56.2 Å². The Morgan fingerprint density at radius 3 is 2.78 bits per heavy atom. The van der Waals surface area contributed by atoms with Gasteiger partial charge in [-0.2, -0.15) is 11.8 Å². The lowest BCUT2D eigenvalue weighted by atomic mass is 10.1. The molecule has 1 saturated heterocycles. The van der Waals surface area contributed by atoms with Crippen LogP contribution in [0.25, 0.3) is 11.4 Å². The number of hydrogen-bond donors (Lipinski definition) is 1. The van der Waals surface area contributed by atoms with Crippen LogP contribution >= 0.6 is 11.8 Å². The van der Waals surface area contributed by atoms with Gasteiger partial charge in [0.05, 0.1) is 5.69 Å². The molecule has 2 aliphatic rings. The van der Waals surface area contributed by atoms with Crippen LogP contribution in [0.3, 0.4) is 0 Å². The van der Waals surface area contributed by atoms with Gasteiger partial charge in [-0.15, -0.1) is 0 Å². The van der Waals surface area contributed by atoms with Crippen molar-refractivity contribution in [1.29, 1.82) is 0 Å². The summed E-state index contributed by atoms with van der Waals surface area (Å²) in [6.07, 6.45) is 5.63. The molecule has 23 heavy (non-hydrogen) atoms. The van der Waals surface area contributed by atoms with Crippen molar-refractivity contribution in [3.63, 3.8) is 0 Å². The standard InChI is InChI=1S/C17H21N5S/c1-2-13(12-19-5-1)16-20-15-4-7-18-6-3-14(15)17(21-16)22-8-10-23-11-9-22/h1-2,5,12,18H,3-4,6-11H2. The zero-order valence-electron chi connectivity index (χ0n) is 13.2. The van der Waals surface area contributed by atoms with Crippen LogP contribution in [0.5, 0.6) is 0 Å². The average Bonchev–Trinajstić information content (AvgIpc) is 2.88. The Labute approximate surface area is 140 Å². The van der Waals surface area contributed by atoms with Crippen molar-refractivity contribution in [2.45, 2.75) is 12.8 Å². The van der Waals surface area contributed by atoms with Crippen molar-refractivity contribution in [2.75, 3.05) is 42.6 Å². The van der Waals surface area contributed by atoms with Gasteiger partial charge in [0.1, 0.15) is 5.82 Å². The molecule has 0 aromatic carbocycles. The van der Waals surface area contributed by atoms with Gasteiger partial charge >= 0.3 is 0 Å². The molecule has 0 spiro atoms. The molecule has 0 saturated carbocycles. The quantitative estimate of drug-likeness (QED) is 0.907. The summed E-state index contributed by atoms with van der Waals surface area (Å²) in [5.74, 6) is 4.32. The van der Waals surface area contributed by atoms with E-state index in [-0.39, 0.29) is 0 Å². The maximum absolute atomic E-state index is 4.96. The van der Waals surface area contributed by atoms with Crippen molar-refractivity contribution in [1.82, 2.24) is 20.3 Å². The van der Waals surface area contributed by atoms with Crippen molar-refractivity contribution in [2.24, 2.45) is 0 Å². The number of hydrogen-bond acceptors (Lipinski definition) is 6. The first-order valence-electron chi connectivity index (χ1n) is 8.25. The van der Waals surface area contributed by atoms with E-state index < -0.39 is 0 Å². The normalized spacial score (nSPS) is 18.3. The first-order chi connectivity index (χ1) is 11.4. The minimum absolute atomic E-state index is 0.812. The molecule has 120 valence electrons. The molecule has 2 aromatic heterocycles. The Bertz CT molecular complexity index is 670. The first-order valence-corrected chi connectivity index (χ1v) is 9.41. The molecule has 2 aromatic rings. The van der Waals surface area contributed by atoms with Crippen molar-refractivity contribution >= 4 is 17.6 Å². The summed E-state index contributed by atoms with van der Waals surface area (Å²) in [5, 5.41) is 3.48. The number of nitrogens with zero attached hydrogens (tertiary/aromatic N) is 4. The molecular formula is C17H21N5S. The van der Waals surface area contributed by atoms with Gasteiger partial charge in [0.15, 0.2) is 5.82 Å². The fraction of sp³-hybridized carbons (Fsp3) is 0.471. The molecule has 0 aliphatic carbocycles. The summed E-state index contributed by atoms with van der Waals surface area (Å²) >= 11 is 2.03. The van der Waals surface area contributed by atoms with Crippen LogP contribution < -0.4 is 10.2 Å². The van der Waals surface area contributed by atoms with Crippen molar-refractivity contribution in [3.8, 4) is 11.4 Å². The monoisotopic (exact) mass is 327 g/mol. The van der Waals surface area contributed by atoms with Gasteiger partial charge < -0.3 is 10.2 Å². The molecule has 1 fully saturated rings. The topological polar surface area (TPSA) is 53.9 Å². The molecule has 0 atom stereocenters. The highest BCUT2D eigenvalue weighted by Gasteiger charge is 2.22. The maximum atomic E-state index is 4.96. The molecule has 0 amide bonds. The number of aromatic nitrogens is 3. The zero-order chi connectivity index (χ0) is 15.5. The average molecular weight is 327 g/mol. The van der Waals surface area contributed by atoms with Gasteiger partial charge in [-0.05, 0) is 25.1 Å². The van der Waals surface area contributed by atoms with E-state index >= 15 is 0 Å². The Morgan fingerprint density at radius 2 is 1.96 bits per heavy atom. The molecule has 4 heterocycles. The molecule has 0 bridgehead atoms. The van der Waals surface area contributed by atoms with Gasteiger partial charge in [0.25, 0.3) is 0 Å². The van der Waals surface area contributed by atoms with Gasteiger partial charge in [0, 0.05) is 61.1 Å². The lowest BCUT2D eigenvalue weighted by Crippen LogP contribution is -2.34. The molecule has 4 rings (SSSR count). The highest BCUT2D eigenvalue weighted by Crippen LogP contribution is 2.28. The molecule has 0 unspecified atom stereocenters. The fourth-order valence-corrected chi connectivity index (χ4v) is 4.09. The minimum Gasteiger partial charge on any atom is -0.355 e. The second-order valence-corrected chi connectivity index (χ2v) is 7.11. The van der Waals surface area contributed by atoms with Crippen LogP contribution in [0.2, 0.25) is 0 Å². The second kappa shape index (κ2) is 6.84. The van der Waals surface area contributed by atoms with E-state index in [0.29, 0.717) is 0 Å². The largest absolute Gasteiger partial charge is 0.355 e. The predicted molar refractivity (Wildman–Crippen MR) is 95.1 cm³/mol. The highest BCUT2D eigenvalue weighted by atomic mass is 32.2. The van der Waals surface area contributed by atoms with E-state index in [4.69, 9.17) is 9.97 Å². The van der Waals surface area contributed by atoms with Crippen LogP contribution in [0.15, 0.2) is 24.5 Å². The Morgan fingerprint density at radius 1 is 1.09 bits per heavy atom. The van der Waals surface area contributed by atoms with Crippen LogP contribution in [-0.4, -0.2) is 52.6 Å². The fourth-order valence-electron chi connectivity index (χ4n) is 3.19. The van der Waals surface area contributed by atoms with Gasteiger partial charge in [-0.1, -0.05) is 0 Å². The smallest absolute Gasteiger partial charge is 0.163 e. The number of pyridine rings is 1. The second-order valence-electron chi connectivity index (χ2n) is 5.89. The molecule has 0 radical (unpaired) electrons. The maximum Gasteiger partial charge on any atom is 0.163 e. The minimum atomic E-state index is 0.812. The summed E-state index contributed by atoms with van der Waals surface area (Å²) in [6.45, 7) is 4.16. The lowest BCUT2D eigenvalue weighted by molar-refractivity contribution is 0.708. The van der Waals surface area contributed by atoms with E-state index in [1.54, 1.807) is 6.20 Å². The Kier molecular flexibility index (Phi) is 4.43. The van der Waals surface area contributed by atoms with Crippen LogP contribution in [0.4, 0.5) is 5.82 Å². The third kappa shape index (κ3) is 3.19. The van der Waals surface area contributed by atoms with E-state index in [1.807, 2.05) is 30.1 Å². The van der Waals surface area contributed by atoms with E-state index in [2.05, 4.69) is 15.2 Å². The summed E-state index contributed by atoms with van der Waals surface area (Å²) in [4.78, 5) is 16.5. The van der Waals surface area contributed by atoms with Crippen molar-refractivity contribution in [3.05, 3.63) is 35.8 Å². The lowest BCUT2D eigenvalue weighted by Gasteiger charge is -2.30. The van der Waals surface area contributed by atoms with Crippen molar-refractivity contribution < 1.29 is 0 Å². The number of rotatable bonds is 2. The summed E-state index contributed by atoms with van der Waals surface area (Å²) in [7, 11) is 0. The van der Waals surface area contributed by atoms with E-state index in [9.17, 15) is 0 Å². The van der Waals surface area contributed by atoms with Crippen LogP contribution in [0, 0.1) is 0 Å². The SMILES string of the molecule is c1cncc(-c2nc3c(c(N4CCSCC4)n2)CCNCC3)c1. The summed E-state index contributed by atoms with van der Waals surface area (Å²) in [6, 6.07) is 3.99. The Balaban J connectivity index is 1.81. The number of thioether (sulfide) groups is 1. The van der Waals surface area contributed by atoms with Crippen LogP contribution in [-0.2, 0) is 12.8 Å².